The molecule has 52 heavy (non-hydrogen) atoms. The summed E-state index contributed by atoms with van der Waals surface area (Å²) in [6.07, 6.45) is -21.7. The third kappa shape index (κ3) is 10.3. The van der Waals surface area contributed by atoms with Crippen LogP contribution in [0.15, 0.2) is 0 Å². The van der Waals surface area contributed by atoms with Crippen molar-refractivity contribution < 1.29 is 100 Å². The first kappa shape index (κ1) is 44.6. The summed E-state index contributed by atoms with van der Waals surface area (Å²) >= 11 is 0. The molecule has 4 saturated heterocycles. The van der Waals surface area contributed by atoms with Crippen LogP contribution in [0.1, 0.15) is 26.7 Å². The second-order valence-corrected chi connectivity index (χ2v) is 13.5. The van der Waals surface area contributed by atoms with Crippen LogP contribution in [0, 0.1) is 11.8 Å². The molecule has 4 fully saturated rings. The van der Waals surface area contributed by atoms with E-state index in [0.717, 1.165) is 0 Å². The fourth-order valence-corrected chi connectivity index (χ4v) is 7.11. The summed E-state index contributed by atoms with van der Waals surface area (Å²) in [4.78, 5) is 22.8. The van der Waals surface area contributed by atoms with Gasteiger partial charge in [0.15, 0.2) is 12.6 Å². The van der Waals surface area contributed by atoms with E-state index in [-0.39, 0.29) is 12.8 Å². The van der Waals surface area contributed by atoms with Gasteiger partial charge in [-0.15, -0.1) is 0 Å². The van der Waals surface area contributed by atoms with Crippen molar-refractivity contribution in [1.82, 2.24) is 10.6 Å². The van der Waals surface area contributed by atoms with Gasteiger partial charge >= 0.3 is 0 Å². The van der Waals surface area contributed by atoms with Gasteiger partial charge in [-0.1, -0.05) is 0 Å². The molecule has 2 amide bonds. The summed E-state index contributed by atoms with van der Waals surface area (Å²) in [6, 6.07) is -2.01. The summed E-state index contributed by atoms with van der Waals surface area (Å²) in [5.74, 6) is -2.64. The predicted octanol–water partition coefficient (Wildman–Crippen LogP) is -9.18. The maximum atomic E-state index is 11.4. The van der Waals surface area contributed by atoms with E-state index < -0.39 is 160 Å². The van der Waals surface area contributed by atoms with Crippen molar-refractivity contribution >= 4 is 11.8 Å². The van der Waals surface area contributed by atoms with Crippen molar-refractivity contribution in [3.05, 3.63) is 0 Å². The van der Waals surface area contributed by atoms with Gasteiger partial charge in [-0.2, -0.15) is 0 Å². The molecule has 0 radical (unpaired) electrons. The Balaban J connectivity index is 0.000000280. The van der Waals surface area contributed by atoms with Crippen molar-refractivity contribution in [1.29, 1.82) is 0 Å². The summed E-state index contributed by atoms with van der Waals surface area (Å²) in [5.41, 5.74) is 0. The molecule has 16 N–H and O–H groups in total. The molecule has 4 heterocycles. The zero-order chi connectivity index (χ0) is 39.2. The second-order valence-electron chi connectivity index (χ2n) is 13.5. The van der Waals surface area contributed by atoms with Crippen LogP contribution in [0.4, 0.5) is 0 Å². The number of aliphatic hydroxyl groups is 14. The third-order valence-electron chi connectivity index (χ3n) is 9.87. The van der Waals surface area contributed by atoms with Crippen molar-refractivity contribution in [3.8, 4) is 0 Å². The minimum absolute atomic E-state index is 0.0921. The Morgan fingerprint density at radius 3 is 1.29 bits per heavy atom. The van der Waals surface area contributed by atoms with E-state index in [1.54, 1.807) is 0 Å². The minimum atomic E-state index is -1.58. The Bertz CT molecular complexity index is 1090. The van der Waals surface area contributed by atoms with E-state index in [4.69, 9.17) is 18.9 Å². The number of hydrogen-bond donors (Lipinski definition) is 16. The van der Waals surface area contributed by atoms with Gasteiger partial charge < -0.3 is 101 Å². The first-order valence-corrected chi connectivity index (χ1v) is 16.8. The van der Waals surface area contributed by atoms with E-state index >= 15 is 0 Å². The molecule has 4 aliphatic rings. The van der Waals surface area contributed by atoms with Crippen LogP contribution in [0.2, 0.25) is 0 Å². The zero-order valence-electron chi connectivity index (χ0n) is 28.5. The number of carbonyl (C=O) groups is 2. The van der Waals surface area contributed by atoms with Gasteiger partial charge in [0.05, 0.1) is 62.9 Å². The van der Waals surface area contributed by atoms with Crippen LogP contribution in [0.5, 0.6) is 0 Å². The van der Waals surface area contributed by atoms with Crippen molar-refractivity contribution in [2.75, 3.05) is 26.4 Å². The molecule has 0 aromatic carbocycles. The fraction of sp³-hybridized carbons (Fsp3) is 0.933. The summed E-state index contributed by atoms with van der Waals surface area (Å²) in [7, 11) is 0. The lowest BCUT2D eigenvalue weighted by Gasteiger charge is -2.46. The number of aliphatic hydroxyl groups excluding tert-OH is 14. The van der Waals surface area contributed by atoms with Gasteiger partial charge in [0, 0.05) is 25.7 Å². The molecule has 0 bridgehead atoms. The Hall–Kier alpha value is -1.78. The maximum Gasteiger partial charge on any atom is 0.217 e. The molecule has 0 aromatic rings. The summed E-state index contributed by atoms with van der Waals surface area (Å²) in [5, 5.41) is 142. The zero-order valence-corrected chi connectivity index (χ0v) is 28.5. The maximum absolute atomic E-state index is 11.4. The van der Waals surface area contributed by atoms with Crippen molar-refractivity contribution in [3.63, 3.8) is 0 Å². The highest BCUT2D eigenvalue weighted by Crippen LogP contribution is 2.36. The quantitative estimate of drug-likeness (QED) is 0.0929. The molecule has 22 nitrogen and oxygen atoms in total. The van der Waals surface area contributed by atoms with Crippen molar-refractivity contribution in [2.45, 2.75) is 137 Å². The average Bonchev–Trinajstić information content (AvgIpc) is 3.40. The molecule has 0 saturated carbocycles. The number of nitrogens with one attached hydrogen (secondary N) is 2. The predicted molar refractivity (Wildman–Crippen MR) is 167 cm³/mol. The molecule has 304 valence electrons. The third-order valence-corrected chi connectivity index (χ3v) is 9.87. The minimum Gasteiger partial charge on any atom is -0.394 e. The van der Waals surface area contributed by atoms with E-state index in [0.29, 0.717) is 0 Å². The monoisotopic (exact) mass is 762 g/mol. The molecule has 22 heteroatoms. The number of hydrogen-bond acceptors (Lipinski definition) is 20. The second kappa shape index (κ2) is 19.7. The Morgan fingerprint density at radius 2 is 0.885 bits per heavy atom. The Morgan fingerprint density at radius 1 is 0.519 bits per heavy atom. The standard InChI is InChI=1S/2C15H27NO10/c1-5(19)16-10-6(14(7(20)3-17)26-15(10)24)2-8-11(21)13(23)12(22)9(4-18)25-8;1-5(19)16-10-6(11(20)8(3-17)26-15(10)24)2-7-12(21)14(23)13(22)9(4-18)25-7/h2*6-15,17-18,20-24H,2-4H2,1H3,(H,16,19)/t6-,7?,8-,9-,10-,11-,12-,13-,14+,15?;6-,7-,8-,9-,10+,11-,12-,13-,14-,15?/m11/s1. The number of ether oxygens (including phenoxy) is 4. The molecule has 0 aliphatic carbocycles. The van der Waals surface area contributed by atoms with E-state index in [1.165, 1.54) is 13.8 Å². The van der Waals surface area contributed by atoms with Gasteiger partial charge in [-0.3, -0.25) is 9.59 Å². The van der Waals surface area contributed by atoms with Crippen molar-refractivity contribution in [2.24, 2.45) is 11.8 Å². The van der Waals surface area contributed by atoms with E-state index in [2.05, 4.69) is 10.6 Å². The Labute approximate surface area is 297 Å². The van der Waals surface area contributed by atoms with Gasteiger partial charge in [-0.25, -0.2) is 0 Å². The lowest BCUT2D eigenvalue weighted by atomic mass is 9.80. The number of carbonyl (C=O) groups excluding carboxylic acids is 2. The lowest BCUT2D eigenvalue weighted by Crippen LogP contribution is -2.64. The topological polar surface area (TPSA) is 378 Å². The molecule has 20 atom stereocenters. The largest absolute Gasteiger partial charge is 0.394 e. The van der Waals surface area contributed by atoms with Crippen LogP contribution < -0.4 is 10.6 Å². The molecule has 3 unspecified atom stereocenters. The first-order chi connectivity index (χ1) is 24.4. The van der Waals surface area contributed by atoms with Gasteiger partial charge in [0.1, 0.15) is 61.0 Å². The fourth-order valence-electron chi connectivity index (χ4n) is 7.11. The molecule has 4 rings (SSSR count). The highest BCUT2D eigenvalue weighted by Gasteiger charge is 2.52. The van der Waals surface area contributed by atoms with Crippen LogP contribution in [-0.4, -0.2) is 220 Å². The molecular weight excluding hydrogens is 708 g/mol. The average molecular weight is 763 g/mol. The Kier molecular flexibility index (Phi) is 16.9. The SMILES string of the molecule is CC(=O)N[C@@H]1C(O)O[C@H](CO)[C@H](O)[C@@H]1C[C@H]1O[C@H](CO)[C@@H](O)[C@H](O)[C@@H]1O.CC(=O)N[C@H]1C(O)O[C@H](C(O)CO)[C@@H]1C[C@H]1O[C@H](CO)[C@@H](O)[C@H](O)[C@@H]1O. The first-order valence-electron chi connectivity index (χ1n) is 16.8. The number of amides is 2. The van der Waals surface area contributed by atoms with Crippen LogP contribution >= 0.6 is 0 Å². The van der Waals surface area contributed by atoms with E-state index in [1.807, 2.05) is 0 Å². The van der Waals surface area contributed by atoms with Gasteiger partial charge in [-0.05, 0) is 12.8 Å². The smallest absolute Gasteiger partial charge is 0.217 e. The van der Waals surface area contributed by atoms with Crippen LogP contribution in [-0.2, 0) is 28.5 Å². The molecule has 4 aliphatic heterocycles. The summed E-state index contributed by atoms with van der Waals surface area (Å²) < 4.78 is 21.2. The van der Waals surface area contributed by atoms with Crippen LogP contribution in [0.3, 0.4) is 0 Å². The normalized spacial score (nSPS) is 45.7. The molecule has 0 spiro atoms. The molecule has 0 aromatic heterocycles. The highest BCUT2D eigenvalue weighted by molar-refractivity contribution is 5.73. The van der Waals surface area contributed by atoms with Crippen LogP contribution in [0.25, 0.3) is 0 Å². The lowest BCUT2D eigenvalue weighted by molar-refractivity contribution is -0.261. The van der Waals surface area contributed by atoms with Gasteiger partial charge in [0.2, 0.25) is 11.8 Å². The van der Waals surface area contributed by atoms with Gasteiger partial charge in [0.25, 0.3) is 0 Å². The van der Waals surface area contributed by atoms with E-state index in [9.17, 15) is 81.1 Å². The highest BCUT2D eigenvalue weighted by atomic mass is 16.6. The number of rotatable bonds is 11. The summed E-state index contributed by atoms with van der Waals surface area (Å²) in [6.45, 7) is -0.000994. The molecular formula is C30H54N2O20.